The Morgan fingerprint density at radius 3 is 2.21 bits per heavy atom. The number of carbonyl (C=O) groups is 1. The molecule has 3 aromatic carbocycles. The van der Waals surface area contributed by atoms with Crippen molar-refractivity contribution in [3.05, 3.63) is 84.7 Å². The number of terminal acetylenes is 1. The second-order valence-corrected chi connectivity index (χ2v) is 10.9. The van der Waals surface area contributed by atoms with E-state index >= 15 is 4.39 Å². The van der Waals surface area contributed by atoms with Crippen molar-refractivity contribution in [1.82, 2.24) is 0 Å². The van der Waals surface area contributed by atoms with Crippen LogP contribution in [-0.2, 0) is 20.4 Å². The van der Waals surface area contributed by atoms with Crippen LogP contribution in [-0.4, -0.2) is 18.2 Å². The molecule has 172 valence electrons. The molecule has 0 aliphatic heterocycles. The minimum atomic E-state index is -0.828. The maximum atomic E-state index is 15.1. The normalized spacial score (nSPS) is 23.0. The second kappa shape index (κ2) is 9.56. The lowest BCUT2D eigenvalue weighted by molar-refractivity contribution is -0.160. The van der Waals surface area contributed by atoms with Crippen molar-refractivity contribution in [3.63, 3.8) is 0 Å². The maximum Gasteiger partial charge on any atom is 0.345 e. The maximum absolute atomic E-state index is 15.1. The molecule has 2 aliphatic carbocycles. The van der Waals surface area contributed by atoms with Crippen molar-refractivity contribution in [2.75, 3.05) is 6.61 Å². The van der Waals surface area contributed by atoms with E-state index in [4.69, 9.17) is 15.9 Å². The van der Waals surface area contributed by atoms with Gasteiger partial charge in [0, 0.05) is 18.4 Å². The van der Waals surface area contributed by atoms with Crippen molar-refractivity contribution < 1.29 is 18.7 Å². The van der Waals surface area contributed by atoms with Gasteiger partial charge in [0.2, 0.25) is 0 Å². The van der Waals surface area contributed by atoms with E-state index in [0.717, 1.165) is 33.9 Å². The van der Waals surface area contributed by atoms with E-state index in [9.17, 15) is 4.79 Å². The van der Waals surface area contributed by atoms with Crippen LogP contribution in [0.2, 0.25) is 0 Å². The van der Waals surface area contributed by atoms with Crippen molar-refractivity contribution in [1.29, 1.82) is 0 Å². The zero-order valence-corrected chi connectivity index (χ0v) is 19.6. The van der Waals surface area contributed by atoms with E-state index in [-0.39, 0.29) is 18.3 Å². The number of esters is 1. The average Bonchev–Trinajstić information content (AvgIpc) is 3.47. The van der Waals surface area contributed by atoms with Crippen LogP contribution in [0.5, 0.6) is 5.75 Å². The predicted molar refractivity (Wildman–Crippen MR) is 130 cm³/mol. The van der Waals surface area contributed by atoms with Gasteiger partial charge in [-0.15, -0.1) is 6.42 Å². The van der Waals surface area contributed by atoms with Gasteiger partial charge < -0.3 is 9.47 Å². The summed E-state index contributed by atoms with van der Waals surface area (Å²) in [6.07, 6.45) is 9.61. The lowest BCUT2D eigenvalue weighted by Gasteiger charge is -2.32. The van der Waals surface area contributed by atoms with E-state index in [1.54, 1.807) is 6.07 Å². The number of ether oxygens (including phenoxy) is 2. The van der Waals surface area contributed by atoms with Crippen LogP contribution in [0.1, 0.15) is 25.7 Å². The third-order valence-corrected chi connectivity index (χ3v) is 8.99. The molecule has 3 unspecified atom stereocenters. The molecule has 5 rings (SSSR count). The summed E-state index contributed by atoms with van der Waals surface area (Å²) in [4.78, 5) is 15.5. The highest BCUT2D eigenvalue weighted by Gasteiger charge is 2.53. The zero-order valence-electron chi connectivity index (χ0n) is 18.8. The Morgan fingerprint density at radius 2 is 1.68 bits per heavy atom. The first-order valence-electron chi connectivity index (χ1n) is 11.5. The summed E-state index contributed by atoms with van der Waals surface area (Å²) in [6.45, 7) is -0.375. The topological polar surface area (TPSA) is 35.5 Å². The molecule has 3 nitrogen and oxygen atoms in total. The molecule has 0 N–H and O–H groups in total. The molecule has 0 heterocycles. The Kier molecular flexibility index (Phi) is 6.34. The minimum Gasteiger partial charge on any atom is -0.479 e. The second-order valence-electron chi connectivity index (χ2n) is 8.90. The molecule has 0 spiro atoms. The molecular weight excluding hydrogens is 447 g/mol. The summed E-state index contributed by atoms with van der Waals surface area (Å²) in [5, 5.41) is 0. The van der Waals surface area contributed by atoms with E-state index < -0.39 is 28.3 Å². The molecule has 34 heavy (non-hydrogen) atoms. The minimum absolute atomic E-state index is 0.0214. The first-order valence-corrected chi connectivity index (χ1v) is 12.8. The molecule has 0 aromatic heterocycles. The highest BCUT2D eigenvalue weighted by atomic mass is 32.2. The first-order chi connectivity index (χ1) is 16.6. The number of fused-ring (bicyclic) bond motifs is 2. The number of carbonyl (C=O) groups excluding carboxylic acids is 1. The zero-order chi connectivity index (χ0) is 23.5. The van der Waals surface area contributed by atoms with Gasteiger partial charge in [-0.05, 0) is 61.6 Å². The van der Waals surface area contributed by atoms with Gasteiger partial charge in [-0.3, -0.25) is 0 Å². The van der Waals surface area contributed by atoms with Gasteiger partial charge >= 0.3 is 5.97 Å². The molecular formula is C29H26FO3S+. The van der Waals surface area contributed by atoms with Crippen molar-refractivity contribution in [3.8, 4) is 18.1 Å². The van der Waals surface area contributed by atoms with Gasteiger partial charge in [0.05, 0.1) is 10.9 Å². The summed E-state index contributed by atoms with van der Waals surface area (Å²) >= 11 is 0. The number of hydrogen-bond donors (Lipinski definition) is 0. The molecule has 2 aliphatic rings. The molecule has 3 aromatic rings. The lowest BCUT2D eigenvalue weighted by Crippen LogP contribution is -2.40. The predicted octanol–water partition coefficient (Wildman–Crippen LogP) is 6.04. The number of rotatable bonds is 7. The summed E-state index contributed by atoms with van der Waals surface area (Å²) < 4.78 is 26.3. The monoisotopic (exact) mass is 473 g/mol. The molecule has 3 atom stereocenters. The third-order valence-electron chi connectivity index (χ3n) is 6.78. The van der Waals surface area contributed by atoms with E-state index in [1.165, 1.54) is 6.07 Å². The SMILES string of the molecule is C#CC1(OC(=O)COc2ccc([S+](c3ccccc3)c3ccccc3)cc2F)CC2CCC1C2. The van der Waals surface area contributed by atoms with Gasteiger partial charge in [-0.25, -0.2) is 9.18 Å². The Bertz CT molecular complexity index is 1170. The highest BCUT2D eigenvalue weighted by Crippen LogP contribution is 2.52. The van der Waals surface area contributed by atoms with Crippen LogP contribution in [0.15, 0.2) is 93.5 Å². The number of hydrogen-bond acceptors (Lipinski definition) is 3. The largest absolute Gasteiger partial charge is 0.479 e. The number of halogens is 1. The summed E-state index contributed by atoms with van der Waals surface area (Å²) in [5.74, 6) is 2.43. The summed E-state index contributed by atoms with van der Waals surface area (Å²) in [5.41, 5.74) is -0.828. The van der Waals surface area contributed by atoms with Gasteiger partial charge in [0.15, 0.2) is 38.5 Å². The van der Waals surface area contributed by atoms with E-state index in [1.807, 2.05) is 66.7 Å². The smallest absolute Gasteiger partial charge is 0.345 e. The molecule has 0 saturated heterocycles. The molecule has 2 saturated carbocycles. The average molecular weight is 474 g/mol. The van der Waals surface area contributed by atoms with Crippen LogP contribution in [0.3, 0.4) is 0 Å². The lowest BCUT2D eigenvalue weighted by atomic mass is 9.84. The Morgan fingerprint density at radius 1 is 1.00 bits per heavy atom. The highest BCUT2D eigenvalue weighted by molar-refractivity contribution is 7.97. The third kappa shape index (κ3) is 4.43. The van der Waals surface area contributed by atoms with Gasteiger partial charge in [-0.1, -0.05) is 42.3 Å². The van der Waals surface area contributed by atoms with Gasteiger partial charge in [0.25, 0.3) is 0 Å². The van der Waals surface area contributed by atoms with Crippen LogP contribution in [0.25, 0.3) is 0 Å². The fourth-order valence-corrected chi connectivity index (χ4v) is 7.33. The van der Waals surface area contributed by atoms with Crippen LogP contribution in [0, 0.1) is 30.0 Å². The molecule has 5 heteroatoms. The molecule has 0 amide bonds. The molecule has 2 bridgehead atoms. The fraction of sp³-hybridized carbons (Fsp3) is 0.276. The fourth-order valence-electron chi connectivity index (χ4n) is 5.23. The molecule has 2 fully saturated rings. The van der Waals surface area contributed by atoms with E-state index in [2.05, 4.69) is 5.92 Å². The van der Waals surface area contributed by atoms with Gasteiger partial charge in [0.1, 0.15) is 0 Å². The van der Waals surface area contributed by atoms with E-state index in [0.29, 0.717) is 12.3 Å². The Balaban J connectivity index is 1.30. The van der Waals surface area contributed by atoms with Crippen molar-refractivity contribution in [2.45, 2.75) is 46.0 Å². The first kappa shape index (κ1) is 22.6. The molecule has 0 radical (unpaired) electrons. The Labute approximate surface area is 202 Å². The van der Waals surface area contributed by atoms with Crippen molar-refractivity contribution >= 4 is 16.9 Å². The quantitative estimate of drug-likeness (QED) is 0.239. The van der Waals surface area contributed by atoms with Crippen molar-refractivity contribution in [2.24, 2.45) is 11.8 Å². The summed E-state index contributed by atoms with van der Waals surface area (Å²) in [6, 6.07) is 25.0. The standard InChI is InChI=1S/C29H26FO3S/c1-2-29(19-21-13-14-22(29)17-21)33-28(31)20-32-27-16-15-25(18-26(27)30)34(23-9-5-3-6-10-23)24-11-7-4-8-12-24/h1,3-12,15-16,18,21-22H,13-14,17,19-20H2/q+1. The van der Waals surface area contributed by atoms with Crippen LogP contribution < -0.4 is 4.74 Å². The Hall–Kier alpha value is -3.23. The van der Waals surface area contributed by atoms with Crippen LogP contribution >= 0.6 is 0 Å². The number of benzene rings is 3. The van der Waals surface area contributed by atoms with Crippen LogP contribution in [0.4, 0.5) is 4.39 Å². The van der Waals surface area contributed by atoms with Gasteiger partial charge in [-0.2, -0.15) is 0 Å². The summed E-state index contributed by atoms with van der Waals surface area (Å²) in [7, 11) is -0.467.